The van der Waals surface area contributed by atoms with Gasteiger partial charge in [0.1, 0.15) is 24.7 Å². The molecule has 3 atom stereocenters. The molecule has 34 heavy (non-hydrogen) atoms. The Morgan fingerprint density at radius 2 is 2.09 bits per heavy atom. The van der Waals surface area contributed by atoms with Gasteiger partial charge in [0.05, 0.1) is 11.3 Å². The second-order valence-electron chi connectivity index (χ2n) is 9.22. The largest absolute Gasteiger partial charge is 0.492 e. The number of aliphatic hydroxyl groups is 1. The number of cyclic esters (lactones) is 1. The predicted octanol–water partition coefficient (Wildman–Crippen LogP) is 4.43. The predicted molar refractivity (Wildman–Crippen MR) is 118 cm³/mol. The van der Waals surface area contributed by atoms with E-state index in [1.54, 1.807) is 19.9 Å². The van der Waals surface area contributed by atoms with Gasteiger partial charge in [-0.1, -0.05) is 6.07 Å². The van der Waals surface area contributed by atoms with Crippen LogP contribution in [0.3, 0.4) is 0 Å². The van der Waals surface area contributed by atoms with E-state index in [0.717, 1.165) is 0 Å². The number of ether oxygens (including phenoxy) is 2. The average Bonchev–Trinajstić information content (AvgIpc) is 2.77. The molecule has 0 saturated carbocycles. The van der Waals surface area contributed by atoms with E-state index in [0.29, 0.717) is 17.5 Å². The highest BCUT2D eigenvalue weighted by Gasteiger charge is 2.39. The summed E-state index contributed by atoms with van der Waals surface area (Å²) in [5.41, 5.74) is -0.442. The zero-order valence-corrected chi connectivity index (χ0v) is 19.2. The molecule has 2 N–H and O–H groups in total. The number of benzene rings is 1. The van der Waals surface area contributed by atoms with Crippen LogP contribution in [0, 0.1) is 5.82 Å². The van der Waals surface area contributed by atoms with Crippen LogP contribution in [0.4, 0.5) is 23.7 Å². The lowest BCUT2D eigenvalue weighted by molar-refractivity contribution is -0.0290. The summed E-state index contributed by atoms with van der Waals surface area (Å²) in [4.78, 5) is 17.1. The number of fused-ring (bicyclic) bond motifs is 1. The normalized spacial score (nSPS) is 24.9. The summed E-state index contributed by atoms with van der Waals surface area (Å²) in [5.74, 6) is -0.297. The van der Waals surface area contributed by atoms with Crippen LogP contribution in [0.2, 0.25) is 0 Å². The van der Waals surface area contributed by atoms with E-state index in [2.05, 4.69) is 10.3 Å². The molecule has 1 aromatic heterocycles. The summed E-state index contributed by atoms with van der Waals surface area (Å²) in [6.07, 6.45) is -1.34. The minimum Gasteiger partial charge on any atom is -0.492 e. The van der Waals surface area contributed by atoms with Crippen LogP contribution in [0.15, 0.2) is 30.5 Å². The highest BCUT2D eigenvalue weighted by molar-refractivity contribution is 5.91. The molecule has 1 saturated heterocycles. The third-order valence-corrected chi connectivity index (χ3v) is 6.17. The second-order valence-corrected chi connectivity index (χ2v) is 9.22. The molecule has 1 aromatic carbocycles. The van der Waals surface area contributed by atoms with Gasteiger partial charge in [-0.05, 0) is 45.7 Å². The van der Waals surface area contributed by atoms with Crippen molar-refractivity contribution in [1.82, 2.24) is 10.3 Å². The number of nitrogens with one attached hydrogen (secondary N) is 1. The SMILES string of the molecule is CC(C)N1C(=O)OCc2cc(OC[C@@H]3C[C@](O)(c4ccc(C(F)F)nc4)C[C@H](C)N3)cc(F)c21. The topological polar surface area (TPSA) is 83.9 Å². The van der Waals surface area contributed by atoms with Crippen LogP contribution in [-0.4, -0.2) is 40.9 Å². The van der Waals surface area contributed by atoms with Crippen LogP contribution in [0.25, 0.3) is 0 Å². The average molecular weight is 479 g/mol. The van der Waals surface area contributed by atoms with Gasteiger partial charge in [-0.2, -0.15) is 0 Å². The fourth-order valence-electron chi connectivity index (χ4n) is 4.73. The van der Waals surface area contributed by atoms with Crippen molar-refractivity contribution in [2.45, 2.75) is 70.4 Å². The first-order valence-corrected chi connectivity index (χ1v) is 11.2. The number of hydrogen-bond acceptors (Lipinski definition) is 6. The number of nitrogens with zero attached hydrogens (tertiary/aromatic N) is 2. The third kappa shape index (κ3) is 4.83. The summed E-state index contributed by atoms with van der Waals surface area (Å²) < 4.78 is 51.6. The Kier molecular flexibility index (Phi) is 6.73. The first kappa shape index (κ1) is 24.3. The number of aromatic nitrogens is 1. The molecule has 7 nitrogen and oxygen atoms in total. The third-order valence-electron chi connectivity index (χ3n) is 6.17. The van der Waals surface area contributed by atoms with Crippen molar-refractivity contribution in [2.75, 3.05) is 11.5 Å². The molecule has 2 aliphatic rings. The number of piperidine rings is 1. The van der Waals surface area contributed by atoms with Crippen molar-refractivity contribution >= 4 is 11.8 Å². The standard InChI is InChI=1S/C24H28F3N3O4/c1-13(2)30-21-15(11-34-23(30)31)6-18(7-19(21)25)33-12-17-9-24(32,8-14(3)29-17)16-4-5-20(22(26)27)28-10-16/h4-7,10,13-14,17,22,29,32H,8-9,11-12H2,1-3H3/t14-,17-,24-/m0/s1. The molecule has 0 spiro atoms. The summed E-state index contributed by atoms with van der Waals surface area (Å²) in [7, 11) is 0. The van der Waals surface area contributed by atoms with Crippen LogP contribution in [0.5, 0.6) is 5.75 Å². The van der Waals surface area contributed by atoms with Gasteiger partial charge in [0, 0.05) is 41.5 Å². The van der Waals surface area contributed by atoms with Crippen LogP contribution < -0.4 is 15.0 Å². The zero-order valence-electron chi connectivity index (χ0n) is 19.2. The molecule has 1 amide bonds. The number of rotatable bonds is 6. The fourth-order valence-corrected chi connectivity index (χ4v) is 4.73. The first-order chi connectivity index (χ1) is 16.1. The van der Waals surface area contributed by atoms with Gasteiger partial charge in [-0.3, -0.25) is 9.88 Å². The Bertz CT molecular complexity index is 1050. The van der Waals surface area contributed by atoms with E-state index in [1.807, 2.05) is 6.92 Å². The molecule has 0 aliphatic carbocycles. The van der Waals surface area contributed by atoms with Crippen LogP contribution >= 0.6 is 0 Å². The fraction of sp³-hybridized carbons (Fsp3) is 0.500. The summed E-state index contributed by atoms with van der Waals surface area (Å²) in [6.45, 7) is 5.54. The molecule has 4 rings (SSSR count). The quantitative estimate of drug-likeness (QED) is 0.638. The minimum absolute atomic E-state index is 0.0500. The van der Waals surface area contributed by atoms with Gasteiger partial charge in [0.15, 0.2) is 5.82 Å². The monoisotopic (exact) mass is 479 g/mol. The lowest BCUT2D eigenvalue weighted by Crippen LogP contribution is -2.53. The van der Waals surface area contributed by atoms with Gasteiger partial charge in [-0.25, -0.2) is 18.0 Å². The number of hydrogen-bond donors (Lipinski definition) is 2. The van der Waals surface area contributed by atoms with E-state index in [4.69, 9.17) is 9.47 Å². The Hall–Kier alpha value is -2.85. The minimum atomic E-state index is -2.68. The second kappa shape index (κ2) is 9.42. The Morgan fingerprint density at radius 3 is 2.74 bits per heavy atom. The summed E-state index contributed by atoms with van der Waals surface area (Å²) in [6, 6.07) is 4.94. The van der Waals surface area contributed by atoms with E-state index in [9.17, 15) is 23.1 Å². The Labute approximate surface area is 195 Å². The summed E-state index contributed by atoms with van der Waals surface area (Å²) >= 11 is 0. The Morgan fingerprint density at radius 1 is 1.32 bits per heavy atom. The van der Waals surface area contributed by atoms with Crippen molar-refractivity contribution in [3.63, 3.8) is 0 Å². The number of alkyl halides is 2. The summed E-state index contributed by atoms with van der Waals surface area (Å²) in [5, 5.41) is 14.6. The van der Waals surface area contributed by atoms with Crippen molar-refractivity contribution < 1.29 is 32.5 Å². The maximum atomic E-state index is 14.9. The molecule has 0 bridgehead atoms. The molecular weight excluding hydrogens is 451 g/mol. The smallest absolute Gasteiger partial charge is 0.414 e. The molecule has 2 aromatic rings. The number of carbonyl (C=O) groups is 1. The van der Waals surface area contributed by atoms with Crippen molar-refractivity contribution in [1.29, 1.82) is 0 Å². The van der Waals surface area contributed by atoms with Gasteiger partial charge in [0.2, 0.25) is 0 Å². The first-order valence-electron chi connectivity index (χ1n) is 11.2. The number of carbonyl (C=O) groups excluding carboxylic acids is 1. The molecule has 0 radical (unpaired) electrons. The molecule has 0 unspecified atom stereocenters. The van der Waals surface area contributed by atoms with Crippen molar-refractivity contribution in [3.8, 4) is 5.75 Å². The van der Waals surface area contributed by atoms with E-state index < -0.39 is 23.9 Å². The number of halogens is 3. The molecule has 184 valence electrons. The van der Waals surface area contributed by atoms with Crippen molar-refractivity contribution in [3.05, 3.63) is 53.1 Å². The molecular formula is C24H28F3N3O4. The highest BCUT2D eigenvalue weighted by atomic mass is 19.3. The van der Waals surface area contributed by atoms with Crippen LogP contribution in [0.1, 0.15) is 56.9 Å². The number of amides is 1. The highest BCUT2D eigenvalue weighted by Crippen LogP contribution is 2.37. The Balaban J connectivity index is 1.48. The number of anilines is 1. The van der Waals surface area contributed by atoms with Gasteiger partial charge < -0.3 is 19.9 Å². The van der Waals surface area contributed by atoms with E-state index in [1.165, 1.54) is 29.3 Å². The van der Waals surface area contributed by atoms with Gasteiger partial charge in [-0.15, -0.1) is 0 Å². The van der Waals surface area contributed by atoms with Gasteiger partial charge in [0.25, 0.3) is 6.43 Å². The maximum Gasteiger partial charge on any atom is 0.414 e. The lowest BCUT2D eigenvalue weighted by Gasteiger charge is -2.41. The van der Waals surface area contributed by atoms with Gasteiger partial charge >= 0.3 is 6.09 Å². The maximum absolute atomic E-state index is 14.9. The van der Waals surface area contributed by atoms with Crippen LogP contribution in [-0.2, 0) is 16.9 Å². The molecule has 1 fully saturated rings. The van der Waals surface area contributed by atoms with Crippen molar-refractivity contribution in [2.24, 2.45) is 0 Å². The zero-order chi connectivity index (χ0) is 24.6. The number of pyridine rings is 1. The molecule has 2 aliphatic heterocycles. The van der Waals surface area contributed by atoms with E-state index >= 15 is 0 Å². The lowest BCUT2D eigenvalue weighted by atomic mass is 9.79. The molecule has 10 heteroatoms. The van der Waals surface area contributed by atoms with E-state index in [-0.39, 0.29) is 54.9 Å². The molecule has 3 heterocycles.